The highest BCUT2D eigenvalue weighted by molar-refractivity contribution is 9.10. The molecule has 0 fully saturated rings. The van der Waals surface area contributed by atoms with Crippen LogP contribution in [0.3, 0.4) is 0 Å². The predicted octanol–water partition coefficient (Wildman–Crippen LogP) is 5.16. The van der Waals surface area contributed by atoms with E-state index >= 15 is 0 Å². The molecule has 20 heavy (non-hydrogen) atoms. The van der Waals surface area contributed by atoms with Crippen LogP contribution in [0.4, 0.5) is 4.39 Å². The largest absolute Gasteiger partial charge is 0.320 e. The van der Waals surface area contributed by atoms with E-state index in [1.807, 2.05) is 18.2 Å². The van der Waals surface area contributed by atoms with Crippen molar-refractivity contribution in [2.75, 3.05) is 0 Å². The molecule has 0 saturated carbocycles. The summed E-state index contributed by atoms with van der Waals surface area (Å²) < 4.78 is 14.9. The third-order valence-corrected chi connectivity index (χ3v) is 5.41. The highest BCUT2D eigenvalue weighted by Crippen LogP contribution is 2.36. The number of rotatable bonds is 2. The average Bonchev–Trinajstić information content (AvgIpc) is 2.78. The molecule has 3 rings (SSSR count). The fraction of sp³-hybridized carbons (Fsp3) is 0.125. The van der Waals surface area contributed by atoms with Gasteiger partial charge in [0.2, 0.25) is 0 Å². The minimum atomic E-state index is -0.256. The number of aryl methyl sites for hydroxylation is 1. The first kappa shape index (κ1) is 13.7. The van der Waals surface area contributed by atoms with Gasteiger partial charge in [-0.25, -0.2) is 4.39 Å². The summed E-state index contributed by atoms with van der Waals surface area (Å²) in [5.74, 6) is -0.210. The highest BCUT2D eigenvalue weighted by atomic mass is 79.9. The Morgan fingerprint density at radius 1 is 1.15 bits per heavy atom. The Labute approximate surface area is 129 Å². The van der Waals surface area contributed by atoms with E-state index in [0.717, 1.165) is 20.3 Å². The predicted molar refractivity (Wildman–Crippen MR) is 86.7 cm³/mol. The van der Waals surface area contributed by atoms with Gasteiger partial charge in [0.1, 0.15) is 5.82 Å². The summed E-state index contributed by atoms with van der Waals surface area (Å²) in [6.07, 6.45) is 0. The van der Waals surface area contributed by atoms with Crippen molar-refractivity contribution in [2.24, 2.45) is 5.73 Å². The maximum atomic E-state index is 13.9. The summed E-state index contributed by atoms with van der Waals surface area (Å²) >= 11 is 5.21. The van der Waals surface area contributed by atoms with Gasteiger partial charge in [-0.15, -0.1) is 11.3 Å². The molecule has 2 aromatic carbocycles. The summed E-state index contributed by atoms with van der Waals surface area (Å²) in [4.78, 5) is 2.27. The lowest BCUT2D eigenvalue weighted by Gasteiger charge is -2.14. The summed E-state index contributed by atoms with van der Waals surface area (Å²) in [6, 6.07) is 12.5. The van der Waals surface area contributed by atoms with Crippen LogP contribution in [-0.2, 0) is 0 Å². The third-order valence-electron chi connectivity index (χ3n) is 3.36. The van der Waals surface area contributed by atoms with Gasteiger partial charge in [0.05, 0.1) is 6.04 Å². The number of benzene rings is 2. The molecular weight excluding hydrogens is 337 g/mol. The zero-order valence-corrected chi connectivity index (χ0v) is 13.3. The minimum Gasteiger partial charge on any atom is -0.320 e. The molecule has 1 heterocycles. The van der Waals surface area contributed by atoms with Gasteiger partial charge < -0.3 is 5.73 Å². The Balaban J connectivity index is 2.20. The topological polar surface area (TPSA) is 26.0 Å². The van der Waals surface area contributed by atoms with Crippen molar-refractivity contribution in [3.05, 3.63) is 68.1 Å². The third kappa shape index (κ3) is 2.28. The molecule has 0 aliphatic carbocycles. The molecule has 0 bridgehead atoms. The lowest BCUT2D eigenvalue weighted by molar-refractivity contribution is 0.639. The van der Waals surface area contributed by atoms with Crippen molar-refractivity contribution in [3.8, 4) is 0 Å². The number of thiophene rings is 1. The van der Waals surface area contributed by atoms with Crippen molar-refractivity contribution < 1.29 is 4.39 Å². The van der Waals surface area contributed by atoms with Crippen LogP contribution in [0.25, 0.3) is 10.8 Å². The molecule has 0 saturated heterocycles. The van der Waals surface area contributed by atoms with Crippen LogP contribution in [0.2, 0.25) is 0 Å². The molecule has 1 unspecified atom stereocenters. The minimum absolute atomic E-state index is 0.210. The second-order valence-electron chi connectivity index (χ2n) is 4.73. The Kier molecular flexibility index (Phi) is 3.63. The highest BCUT2D eigenvalue weighted by Gasteiger charge is 2.18. The van der Waals surface area contributed by atoms with Crippen LogP contribution >= 0.6 is 27.3 Å². The quantitative estimate of drug-likeness (QED) is 0.679. The average molecular weight is 350 g/mol. The zero-order valence-electron chi connectivity index (χ0n) is 10.9. The van der Waals surface area contributed by atoms with Gasteiger partial charge in [0.25, 0.3) is 0 Å². The monoisotopic (exact) mass is 349 g/mol. The number of hydrogen-bond donors (Lipinski definition) is 1. The van der Waals surface area contributed by atoms with Gasteiger partial charge in [-0.1, -0.05) is 30.3 Å². The second kappa shape index (κ2) is 5.28. The fourth-order valence-corrected chi connectivity index (χ4v) is 4.33. The van der Waals surface area contributed by atoms with E-state index in [0.29, 0.717) is 5.39 Å². The first-order valence-corrected chi connectivity index (χ1v) is 7.87. The Morgan fingerprint density at radius 2 is 1.85 bits per heavy atom. The van der Waals surface area contributed by atoms with Gasteiger partial charge in [-0.3, -0.25) is 0 Å². The van der Waals surface area contributed by atoms with E-state index in [1.54, 1.807) is 23.5 Å². The van der Waals surface area contributed by atoms with Crippen LogP contribution in [0.15, 0.2) is 46.9 Å². The van der Waals surface area contributed by atoms with Crippen molar-refractivity contribution in [3.63, 3.8) is 0 Å². The first-order valence-electron chi connectivity index (χ1n) is 6.26. The smallest absolute Gasteiger partial charge is 0.131 e. The first-order chi connectivity index (χ1) is 9.58. The molecule has 3 aromatic rings. The summed E-state index contributed by atoms with van der Waals surface area (Å²) in [6.45, 7) is 2.05. The maximum Gasteiger partial charge on any atom is 0.131 e. The summed E-state index contributed by atoms with van der Waals surface area (Å²) in [5.41, 5.74) is 7.35. The van der Waals surface area contributed by atoms with E-state index < -0.39 is 0 Å². The molecule has 0 amide bonds. The molecule has 2 N–H and O–H groups in total. The summed E-state index contributed by atoms with van der Waals surface area (Å²) in [5, 5.41) is 1.49. The van der Waals surface area contributed by atoms with E-state index in [2.05, 4.69) is 28.9 Å². The van der Waals surface area contributed by atoms with Crippen LogP contribution in [0.5, 0.6) is 0 Å². The zero-order chi connectivity index (χ0) is 14.3. The molecule has 0 aliphatic heterocycles. The van der Waals surface area contributed by atoms with E-state index in [9.17, 15) is 4.39 Å². The maximum absolute atomic E-state index is 13.9. The Bertz CT molecular complexity index is 781. The molecule has 1 nitrogen and oxygen atoms in total. The van der Waals surface area contributed by atoms with Crippen molar-refractivity contribution >= 4 is 38.0 Å². The van der Waals surface area contributed by atoms with Crippen LogP contribution in [-0.4, -0.2) is 0 Å². The van der Waals surface area contributed by atoms with Crippen molar-refractivity contribution in [1.82, 2.24) is 0 Å². The van der Waals surface area contributed by atoms with Crippen molar-refractivity contribution in [1.29, 1.82) is 0 Å². The van der Waals surface area contributed by atoms with Gasteiger partial charge >= 0.3 is 0 Å². The van der Waals surface area contributed by atoms with Gasteiger partial charge in [0.15, 0.2) is 0 Å². The van der Waals surface area contributed by atoms with E-state index in [1.165, 1.54) is 10.9 Å². The molecule has 102 valence electrons. The summed E-state index contributed by atoms with van der Waals surface area (Å²) in [7, 11) is 0. The molecular formula is C16H13BrFNS. The van der Waals surface area contributed by atoms with Crippen LogP contribution in [0, 0.1) is 12.7 Å². The van der Waals surface area contributed by atoms with Crippen LogP contribution in [0.1, 0.15) is 21.4 Å². The molecule has 1 atom stereocenters. The van der Waals surface area contributed by atoms with E-state index in [-0.39, 0.29) is 11.9 Å². The fourth-order valence-electron chi connectivity index (χ4n) is 2.41. The lowest BCUT2D eigenvalue weighted by Crippen LogP contribution is -2.11. The van der Waals surface area contributed by atoms with Gasteiger partial charge in [0, 0.05) is 19.6 Å². The number of halogens is 2. The van der Waals surface area contributed by atoms with Crippen LogP contribution < -0.4 is 5.73 Å². The lowest BCUT2D eigenvalue weighted by atomic mass is 9.98. The molecule has 1 aromatic heterocycles. The van der Waals surface area contributed by atoms with E-state index in [4.69, 9.17) is 5.73 Å². The Morgan fingerprint density at radius 3 is 2.50 bits per heavy atom. The van der Waals surface area contributed by atoms with Gasteiger partial charge in [-0.05, 0) is 45.9 Å². The SMILES string of the molecule is Cc1cc(Br)c(C(N)c2ccc(F)c3ccccc23)s1. The number of fused-ring (bicyclic) bond motifs is 1. The molecule has 0 aliphatic rings. The van der Waals surface area contributed by atoms with Crippen molar-refractivity contribution in [2.45, 2.75) is 13.0 Å². The normalized spacial score (nSPS) is 12.8. The molecule has 4 heteroatoms. The molecule has 0 spiro atoms. The number of hydrogen-bond acceptors (Lipinski definition) is 2. The van der Waals surface area contributed by atoms with Gasteiger partial charge in [-0.2, -0.15) is 0 Å². The molecule has 0 radical (unpaired) electrons. The standard InChI is InChI=1S/C16H13BrFNS/c1-9-8-13(17)16(20-9)15(19)12-6-7-14(18)11-5-3-2-4-10(11)12/h2-8,15H,19H2,1H3. The number of nitrogens with two attached hydrogens (primary N) is 1. The Hall–Kier alpha value is -1.23. The second-order valence-corrected chi connectivity index (χ2v) is 6.87.